The summed E-state index contributed by atoms with van der Waals surface area (Å²) in [6, 6.07) is 0. The summed E-state index contributed by atoms with van der Waals surface area (Å²) in [6.07, 6.45) is 0.296. The first-order chi connectivity index (χ1) is 12.4. The molecule has 2 aromatic heterocycles. The van der Waals surface area contributed by atoms with E-state index in [1.165, 1.54) is 13.8 Å². The number of alkyl halides is 6. The van der Waals surface area contributed by atoms with Crippen LogP contribution in [0.1, 0.15) is 41.6 Å². The van der Waals surface area contributed by atoms with Gasteiger partial charge in [-0.05, 0) is 13.8 Å². The second-order valence-electron chi connectivity index (χ2n) is 5.95. The van der Waals surface area contributed by atoms with Crippen LogP contribution < -0.4 is 0 Å². The minimum atomic E-state index is -5.73. The molecule has 2 aromatic rings. The van der Waals surface area contributed by atoms with Crippen LogP contribution in [0.4, 0.5) is 26.3 Å². The van der Waals surface area contributed by atoms with Crippen molar-refractivity contribution < 1.29 is 35.9 Å². The van der Waals surface area contributed by atoms with Crippen LogP contribution in [0, 0.1) is 13.8 Å². The van der Waals surface area contributed by atoms with Crippen LogP contribution in [0.5, 0.6) is 0 Å². The molecule has 0 fully saturated rings. The Morgan fingerprint density at radius 3 is 1.37 bits per heavy atom. The number of rotatable bonds is 4. The maximum atomic E-state index is 14.7. The van der Waals surface area contributed by atoms with Gasteiger partial charge < -0.3 is 0 Å². The number of hydrogen-bond acceptors (Lipinski definition) is 4. The maximum absolute atomic E-state index is 14.7. The van der Waals surface area contributed by atoms with Gasteiger partial charge in [0.05, 0.1) is 0 Å². The van der Waals surface area contributed by atoms with Gasteiger partial charge in [-0.25, -0.2) is 0 Å². The maximum Gasteiger partial charge on any atom is 0.380 e. The Kier molecular flexibility index (Phi) is 4.43. The summed E-state index contributed by atoms with van der Waals surface area (Å²) in [5.41, 5.74) is -5.29. The van der Waals surface area contributed by atoms with Crippen LogP contribution in [-0.2, 0) is 0 Å². The molecule has 2 nitrogen and oxygen atoms in total. The van der Waals surface area contributed by atoms with Crippen molar-refractivity contribution in [1.29, 1.82) is 0 Å². The zero-order valence-electron chi connectivity index (χ0n) is 13.7. The number of aldehydes is 2. The fourth-order valence-corrected chi connectivity index (χ4v) is 4.78. The van der Waals surface area contributed by atoms with E-state index in [9.17, 15) is 35.9 Å². The van der Waals surface area contributed by atoms with Crippen molar-refractivity contribution in [2.45, 2.75) is 31.6 Å². The van der Waals surface area contributed by atoms with Crippen LogP contribution >= 0.6 is 22.7 Å². The molecular formula is C17H10F6O2S2. The van der Waals surface area contributed by atoms with E-state index in [0.29, 0.717) is 0 Å². The molecule has 0 saturated carbocycles. The van der Waals surface area contributed by atoms with E-state index in [4.69, 9.17) is 0 Å². The number of halogens is 6. The number of carbonyl (C=O) groups is 2. The van der Waals surface area contributed by atoms with Crippen molar-refractivity contribution in [3.8, 4) is 0 Å². The van der Waals surface area contributed by atoms with E-state index in [2.05, 4.69) is 0 Å². The fourth-order valence-electron chi connectivity index (χ4n) is 3.15. The Balaban J connectivity index is 2.55. The molecule has 0 aliphatic heterocycles. The normalized spacial score (nSPS) is 20.1. The number of hydrogen-bond donors (Lipinski definition) is 0. The molecule has 144 valence electrons. The van der Waals surface area contributed by atoms with Gasteiger partial charge in [0.15, 0.2) is 12.6 Å². The zero-order chi connectivity index (χ0) is 20.4. The molecule has 0 bridgehead atoms. The highest BCUT2D eigenvalue weighted by Crippen LogP contribution is 2.66. The van der Waals surface area contributed by atoms with Crippen molar-refractivity contribution >= 4 is 46.4 Å². The first-order valence-corrected chi connectivity index (χ1v) is 9.15. The molecule has 1 aliphatic carbocycles. The minimum Gasteiger partial charge on any atom is -0.298 e. The number of aryl methyl sites for hydroxylation is 2. The second kappa shape index (κ2) is 6.03. The lowest BCUT2D eigenvalue weighted by Crippen LogP contribution is -2.49. The van der Waals surface area contributed by atoms with E-state index >= 15 is 0 Å². The van der Waals surface area contributed by atoms with Crippen molar-refractivity contribution in [3.63, 3.8) is 0 Å². The Morgan fingerprint density at radius 2 is 1.07 bits per heavy atom. The monoisotopic (exact) mass is 424 g/mol. The van der Waals surface area contributed by atoms with E-state index in [1.807, 2.05) is 0 Å². The number of allylic oxidation sites excluding steroid dienone is 2. The molecule has 0 N–H and O–H groups in total. The molecule has 0 aromatic carbocycles. The molecule has 3 rings (SSSR count). The second-order valence-corrected chi connectivity index (χ2v) is 8.12. The van der Waals surface area contributed by atoms with Gasteiger partial charge in [0.25, 0.3) is 0 Å². The molecule has 0 unspecified atom stereocenters. The average Bonchev–Trinajstić information content (AvgIpc) is 3.16. The van der Waals surface area contributed by atoms with E-state index in [-0.39, 0.29) is 22.3 Å². The minimum absolute atomic E-state index is 0.0123. The first-order valence-electron chi connectivity index (χ1n) is 7.39. The summed E-state index contributed by atoms with van der Waals surface area (Å²) in [6.45, 7) is 2.53. The summed E-state index contributed by atoms with van der Waals surface area (Å²) >= 11 is 1.60. The summed E-state index contributed by atoms with van der Waals surface area (Å²) in [5.74, 6) is -16.2. The zero-order valence-corrected chi connectivity index (χ0v) is 15.3. The van der Waals surface area contributed by atoms with E-state index < -0.39 is 51.2 Å². The van der Waals surface area contributed by atoms with Crippen LogP contribution in [0.15, 0.2) is 10.8 Å². The van der Waals surface area contributed by atoms with Gasteiger partial charge in [-0.15, -0.1) is 22.7 Å². The van der Waals surface area contributed by atoms with Crippen molar-refractivity contribution in [1.82, 2.24) is 0 Å². The molecule has 0 spiro atoms. The SMILES string of the molecule is Cc1scc(C=O)c1C1=C(c2c(C=O)csc2C)C(F)(F)C(F)(F)C1(F)F. The lowest BCUT2D eigenvalue weighted by molar-refractivity contribution is -0.254. The van der Waals surface area contributed by atoms with Gasteiger partial charge in [0.1, 0.15) is 0 Å². The van der Waals surface area contributed by atoms with Crippen molar-refractivity contribution in [3.05, 3.63) is 42.8 Å². The molecule has 0 atom stereocenters. The molecular weight excluding hydrogens is 414 g/mol. The Bertz CT molecular complexity index is 907. The van der Waals surface area contributed by atoms with Crippen molar-refractivity contribution in [2.24, 2.45) is 0 Å². The van der Waals surface area contributed by atoms with Gasteiger partial charge in [-0.2, -0.15) is 26.3 Å². The smallest absolute Gasteiger partial charge is 0.298 e. The largest absolute Gasteiger partial charge is 0.380 e. The number of thiophene rings is 2. The lowest BCUT2D eigenvalue weighted by Gasteiger charge is -2.26. The van der Waals surface area contributed by atoms with Crippen LogP contribution in [-0.4, -0.2) is 30.3 Å². The van der Waals surface area contributed by atoms with Crippen LogP contribution in [0.25, 0.3) is 11.1 Å². The molecule has 27 heavy (non-hydrogen) atoms. The standard InChI is InChI=1S/C17H10F6O2S2/c1-7-11(9(3-24)5-26-7)13-14(12-8(2)27-6-10(12)4-25)16(20,21)17(22,23)15(13,18)19/h3-6H,1-2H3. The summed E-state index contributed by atoms with van der Waals surface area (Å²) < 4.78 is 87.1. The van der Waals surface area contributed by atoms with E-state index in [0.717, 1.165) is 33.4 Å². The predicted molar refractivity (Wildman–Crippen MR) is 90.5 cm³/mol. The van der Waals surface area contributed by atoms with Gasteiger partial charge >= 0.3 is 17.8 Å². The molecule has 0 amide bonds. The highest BCUT2D eigenvalue weighted by atomic mass is 32.1. The molecule has 0 radical (unpaired) electrons. The fraction of sp³-hybridized carbons (Fsp3) is 0.294. The molecule has 2 heterocycles. The first kappa shape index (κ1) is 19.8. The van der Waals surface area contributed by atoms with Gasteiger partial charge in [-0.1, -0.05) is 0 Å². The van der Waals surface area contributed by atoms with Gasteiger partial charge in [-0.3, -0.25) is 9.59 Å². The summed E-state index contributed by atoms with van der Waals surface area (Å²) in [4.78, 5) is 22.5. The Labute approximate surface area is 157 Å². The van der Waals surface area contributed by atoms with E-state index in [1.54, 1.807) is 0 Å². The lowest BCUT2D eigenvalue weighted by atomic mass is 9.91. The van der Waals surface area contributed by atoms with Gasteiger partial charge in [0.2, 0.25) is 0 Å². The van der Waals surface area contributed by atoms with Crippen LogP contribution in [0.3, 0.4) is 0 Å². The molecule has 10 heteroatoms. The topological polar surface area (TPSA) is 34.1 Å². The third-order valence-electron chi connectivity index (χ3n) is 4.43. The summed E-state index contributed by atoms with van der Waals surface area (Å²) in [7, 11) is 0. The third-order valence-corrected chi connectivity index (χ3v) is 6.29. The predicted octanol–water partition coefficient (Wildman–Crippen LogP) is 5.88. The number of carbonyl (C=O) groups excluding carboxylic acids is 2. The highest BCUT2D eigenvalue weighted by Gasteiger charge is 2.80. The quantitative estimate of drug-likeness (QED) is 0.454. The third kappa shape index (κ3) is 2.39. The van der Waals surface area contributed by atoms with Crippen molar-refractivity contribution in [2.75, 3.05) is 0 Å². The van der Waals surface area contributed by atoms with Gasteiger partial charge in [0, 0.05) is 53.9 Å². The summed E-state index contributed by atoms with van der Waals surface area (Å²) in [5, 5.41) is 2.27. The molecule has 1 aliphatic rings. The Morgan fingerprint density at radius 1 is 0.741 bits per heavy atom. The Hall–Kier alpha value is -1.94. The molecule has 0 saturated heterocycles. The van der Waals surface area contributed by atoms with Crippen LogP contribution in [0.2, 0.25) is 0 Å². The highest BCUT2D eigenvalue weighted by molar-refractivity contribution is 7.10. The average molecular weight is 424 g/mol.